The molecule has 2 rings (SSSR count). The van der Waals surface area contributed by atoms with E-state index in [2.05, 4.69) is 31.8 Å². The van der Waals surface area contributed by atoms with Crippen LogP contribution in [0.15, 0.2) is 23.1 Å². The van der Waals surface area contributed by atoms with Crippen molar-refractivity contribution in [3.8, 4) is 0 Å². The summed E-state index contributed by atoms with van der Waals surface area (Å²) in [5.41, 5.74) is 0.660. The predicted octanol–water partition coefficient (Wildman–Crippen LogP) is 4.21. The van der Waals surface area contributed by atoms with Crippen molar-refractivity contribution in [2.75, 3.05) is 19.0 Å². The molecule has 0 saturated heterocycles. The van der Waals surface area contributed by atoms with Crippen LogP contribution in [0.2, 0.25) is 13.3 Å². The third-order valence-corrected chi connectivity index (χ3v) is 21.2. The average molecular weight is 479 g/mol. The van der Waals surface area contributed by atoms with Crippen LogP contribution in [0.25, 0.3) is 5.65 Å². The summed E-state index contributed by atoms with van der Waals surface area (Å²) in [5.74, 6) is 0.522. The van der Waals surface area contributed by atoms with E-state index in [1.54, 1.807) is 4.40 Å². The number of pyridine rings is 1. The number of nitrogens with zero attached hydrogens (tertiary/aromatic N) is 4. The second kappa shape index (κ2) is 10.4. The first-order valence-electron chi connectivity index (χ1n) is 10.6. The molecule has 0 aliphatic carbocycles. The molecule has 5 nitrogen and oxygen atoms in total. The van der Waals surface area contributed by atoms with Gasteiger partial charge in [-0.1, -0.05) is 0 Å². The molecule has 0 amide bonds. The molecule has 0 bridgehead atoms. The average Bonchev–Trinajstić information content (AvgIpc) is 2.67. The van der Waals surface area contributed by atoms with Crippen molar-refractivity contribution < 1.29 is 0 Å². The molecule has 6 heteroatoms. The van der Waals surface area contributed by atoms with E-state index < -0.39 is 18.4 Å². The maximum absolute atomic E-state index is 12.6. The van der Waals surface area contributed by atoms with E-state index in [4.69, 9.17) is 4.98 Å². The Bertz CT molecular complexity index is 766. The number of hydrogen-bond acceptors (Lipinski definition) is 4. The van der Waals surface area contributed by atoms with Crippen molar-refractivity contribution in [2.45, 2.75) is 72.6 Å². The van der Waals surface area contributed by atoms with Crippen LogP contribution in [0.5, 0.6) is 0 Å². The van der Waals surface area contributed by atoms with E-state index in [9.17, 15) is 4.79 Å². The van der Waals surface area contributed by atoms with Crippen molar-refractivity contribution >= 4 is 33.6 Å². The maximum atomic E-state index is 12.6. The Balaban J connectivity index is 2.71. The number of fused-ring (bicyclic) bond motifs is 1. The van der Waals surface area contributed by atoms with E-state index in [0.717, 1.165) is 5.65 Å². The number of hydrogen-bond donors (Lipinski definition) is 0. The summed E-state index contributed by atoms with van der Waals surface area (Å²) >= 11 is -2.69. The van der Waals surface area contributed by atoms with Gasteiger partial charge in [0.05, 0.1) is 0 Å². The molecule has 0 atom stereocenters. The Morgan fingerprint density at radius 2 is 1.52 bits per heavy atom. The molecule has 0 fully saturated rings. The molecular weight excluding hydrogens is 443 g/mol. The van der Waals surface area contributed by atoms with Gasteiger partial charge < -0.3 is 0 Å². The summed E-state index contributed by atoms with van der Waals surface area (Å²) in [4.78, 5) is 23.5. The molecule has 0 unspecified atom stereocenters. The Kier molecular flexibility index (Phi) is 8.57. The van der Waals surface area contributed by atoms with Crippen LogP contribution in [0.4, 0.5) is 5.95 Å². The third-order valence-electron chi connectivity index (χ3n) is 5.57. The van der Waals surface area contributed by atoms with Crippen LogP contribution in [-0.4, -0.2) is 46.8 Å². The molecule has 27 heavy (non-hydrogen) atoms. The predicted molar refractivity (Wildman–Crippen MR) is 118 cm³/mol. The van der Waals surface area contributed by atoms with Gasteiger partial charge in [-0.3, -0.25) is 0 Å². The molecule has 0 aromatic carbocycles. The third kappa shape index (κ3) is 5.24. The topological polar surface area (TPSA) is 50.5 Å². The van der Waals surface area contributed by atoms with Crippen LogP contribution >= 0.6 is 0 Å². The second-order valence-electron chi connectivity index (χ2n) is 7.91. The normalized spacial score (nSPS) is 11.9. The van der Waals surface area contributed by atoms with Crippen molar-refractivity contribution in [3.05, 3.63) is 28.8 Å². The van der Waals surface area contributed by atoms with Gasteiger partial charge in [0, 0.05) is 0 Å². The Labute approximate surface area is 168 Å². The zero-order valence-corrected chi connectivity index (χ0v) is 20.6. The molecule has 0 aliphatic rings. The van der Waals surface area contributed by atoms with Crippen molar-refractivity contribution in [3.63, 3.8) is 0 Å². The van der Waals surface area contributed by atoms with Gasteiger partial charge in [-0.2, -0.15) is 0 Å². The van der Waals surface area contributed by atoms with Crippen LogP contribution in [0.3, 0.4) is 0 Å². The summed E-state index contributed by atoms with van der Waals surface area (Å²) in [6, 6.07) is 4.33. The molecule has 0 N–H and O–H groups in total. The van der Waals surface area contributed by atoms with E-state index in [1.165, 1.54) is 55.4 Å². The number of unbranched alkanes of at least 4 members (excludes halogenated alkanes) is 3. The fraction of sp³-hybridized carbons (Fsp3) is 0.667. The summed E-state index contributed by atoms with van der Waals surface area (Å²) in [6.45, 7) is 6.86. The first kappa shape index (κ1) is 22.2. The van der Waals surface area contributed by atoms with Gasteiger partial charge in [-0.05, 0) is 0 Å². The summed E-state index contributed by atoms with van der Waals surface area (Å²) in [5, 5.41) is 0. The van der Waals surface area contributed by atoms with Crippen molar-refractivity contribution in [2.24, 2.45) is 0 Å². The summed E-state index contributed by atoms with van der Waals surface area (Å²) < 4.78 is 7.20. The molecular formula is C21H36N4OSn. The Hall–Kier alpha value is -1.11. The van der Waals surface area contributed by atoms with Gasteiger partial charge in [-0.15, -0.1) is 0 Å². The zero-order chi connectivity index (χ0) is 19.9. The molecule has 2 aromatic rings. The molecule has 0 radical (unpaired) electrons. The van der Waals surface area contributed by atoms with Crippen molar-refractivity contribution in [1.29, 1.82) is 0 Å². The van der Waals surface area contributed by atoms with E-state index in [-0.39, 0.29) is 5.69 Å². The zero-order valence-electron chi connectivity index (χ0n) is 17.8. The van der Waals surface area contributed by atoms with Crippen LogP contribution in [-0.2, 0) is 0 Å². The molecule has 0 spiro atoms. The first-order chi connectivity index (χ1) is 13.0. The molecule has 150 valence electrons. The van der Waals surface area contributed by atoms with Crippen LogP contribution in [0, 0.1) is 0 Å². The fourth-order valence-electron chi connectivity index (χ4n) is 3.97. The standard InChI is InChI=1S/C9H9N4O.3C4H9.Sn/c1-12(2)8-10-7-5-3-4-6-13(7)9(14)11-8;3*1-3-4-2;/h3-4,6H,1-2H3;3*1,3-4H2,2H3;. The number of anilines is 1. The van der Waals surface area contributed by atoms with E-state index >= 15 is 0 Å². The van der Waals surface area contributed by atoms with Gasteiger partial charge in [0.2, 0.25) is 0 Å². The number of aromatic nitrogens is 3. The van der Waals surface area contributed by atoms with E-state index in [0.29, 0.717) is 5.95 Å². The monoisotopic (exact) mass is 480 g/mol. The molecule has 2 heterocycles. The van der Waals surface area contributed by atoms with Crippen LogP contribution < -0.4 is 14.2 Å². The SMILES string of the molecule is CCC[CH2][Sn]([CH2]CCC)([CH2]CCC)[c]1cccn2c(=O)nc(N(C)C)nc12. The fourth-order valence-corrected chi connectivity index (χ4v) is 20.4. The van der Waals surface area contributed by atoms with Gasteiger partial charge in [0.1, 0.15) is 0 Å². The molecule has 2 aromatic heterocycles. The van der Waals surface area contributed by atoms with Gasteiger partial charge in [-0.25, -0.2) is 0 Å². The first-order valence-corrected chi connectivity index (χ1v) is 18.0. The summed E-state index contributed by atoms with van der Waals surface area (Å²) in [6.07, 6.45) is 9.41. The quantitative estimate of drug-likeness (QED) is 0.454. The van der Waals surface area contributed by atoms with Gasteiger partial charge in [0.15, 0.2) is 0 Å². The van der Waals surface area contributed by atoms with Gasteiger partial charge in [0.25, 0.3) is 0 Å². The molecule has 0 aliphatic heterocycles. The Morgan fingerprint density at radius 3 is 2.00 bits per heavy atom. The van der Waals surface area contributed by atoms with Crippen LogP contribution in [0.1, 0.15) is 59.3 Å². The van der Waals surface area contributed by atoms with Crippen molar-refractivity contribution in [1.82, 2.24) is 14.4 Å². The van der Waals surface area contributed by atoms with E-state index in [1.807, 2.05) is 31.3 Å². The molecule has 0 saturated carbocycles. The number of rotatable bonds is 11. The minimum atomic E-state index is -2.69. The Morgan fingerprint density at radius 1 is 0.963 bits per heavy atom. The summed E-state index contributed by atoms with van der Waals surface area (Å²) in [7, 11) is 3.80. The minimum absolute atomic E-state index is 0.216. The second-order valence-corrected chi connectivity index (χ2v) is 21.0. The van der Waals surface area contributed by atoms with Gasteiger partial charge >= 0.3 is 168 Å².